The van der Waals surface area contributed by atoms with Gasteiger partial charge >= 0.3 is 12.1 Å². The Hall–Kier alpha value is -3.33. The Balaban J connectivity index is 1.99. The molecule has 0 saturated heterocycles. The largest absolute Gasteiger partial charge is 0.461 e. The average molecular weight is 394 g/mol. The van der Waals surface area contributed by atoms with E-state index in [1.54, 1.807) is 45.0 Å². The van der Waals surface area contributed by atoms with E-state index in [4.69, 9.17) is 14.7 Å². The molecule has 0 bridgehead atoms. The molecule has 2 aromatic rings. The van der Waals surface area contributed by atoms with E-state index in [9.17, 15) is 9.59 Å². The van der Waals surface area contributed by atoms with Gasteiger partial charge < -0.3 is 14.8 Å². The Morgan fingerprint density at radius 3 is 2.31 bits per heavy atom. The van der Waals surface area contributed by atoms with Crippen molar-refractivity contribution in [2.24, 2.45) is 0 Å². The first-order valence-corrected chi connectivity index (χ1v) is 9.46. The maximum Gasteiger partial charge on any atom is 0.408 e. The van der Waals surface area contributed by atoms with Gasteiger partial charge in [-0.3, -0.25) is 4.79 Å². The molecule has 152 valence electrons. The molecule has 1 amide bonds. The van der Waals surface area contributed by atoms with Crippen LogP contribution in [0.25, 0.3) is 0 Å². The van der Waals surface area contributed by atoms with Gasteiger partial charge in [-0.05, 0) is 50.5 Å². The van der Waals surface area contributed by atoms with Crippen LogP contribution in [0.1, 0.15) is 56.3 Å². The number of nitrogens with zero attached hydrogens (tertiary/aromatic N) is 1. The number of carbonyl (C=O) groups is 2. The van der Waals surface area contributed by atoms with Gasteiger partial charge in [0.25, 0.3) is 0 Å². The van der Waals surface area contributed by atoms with E-state index in [0.29, 0.717) is 12.0 Å². The Bertz CT molecular complexity index is 849. The molecule has 0 heterocycles. The second kappa shape index (κ2) is 10.3. The predicted molar refractivity (Wildman–Crippen MR) is 109 cm³/mol. The van der Waals surface area contributed by atoms with Crippen LogP contribution >= 0.6 is 0 Å². The van der Waals surface area contributed by atoms with Crippen LogP contribution in [0.2, 0.25) is 0 Å². The number of carbonyl (C=O) groups excluding carboxylic acids is 2. The SMILES string of the molecule is CC(C)(C)OC(=O)N[C@@H](CCC(=O)OCc1ccccc1)c1ccc(C#N)cc1. The first kappa shape index (κ1) is 22.0. The fourth-order valence-corrected chi connectivity index (χ4v) is 2.63. The summed E-state index contributed by atoms with van der Waals surface area (Å²) in [6, 6.07) is 17.9. The Labute approximate surface area is 171 Å². The minimum atomic E-state index is -0.631. The van der Waals surface area contributed by atoms with Gasteiger partial charge in [0.15, 0.2) is 0 Å². The summed E-state index contributed by atoms with van der Waals surface area (Å²) < 4.78 is 10.6. The minimum Gasteiger partial charge on any atom is -0.461 e. The minimum absolute atomic E-state index is 0.132. The summed E-state index contributed by atoms with van der Waals surface area (Å²) in [5.74, 6) is -0.349. The Morgan fingerprint density at radius 2 is 1.72 bits per heavy atom. The molecule has 0 radical (unpaired) electrons. The van der Waals surface area contributed by atoms with E-state index < -0.39 is 17.7 Å². The zero-order chi connectivity index (χ0) is 21.3. The van der Waals surface area contributed by atoms with Crippen LogP contribution < -0.4 is 5.32 Å². The highest BCUT2D eigenvalue weighted by atomic mass is 16.6. The van der Waals surface area contributed by atoms with Crippen molar-refractivity contribution in [3.8, 4) is 6.07 Å². The van der Waals surface area contributed by atoms with Crippen molar-refractivity contribution >= 4 is 12.1 Å². The average Bonchev–Trinajstić information content (AvgIpc) is 2.69. The lowest BCUT2D eigenvalue weighted by molar-refractivity contribution is -0.145. The highest BCUT2D eigenvalue weighted by Gasteiger charge is 2.21. The zero-order valence-corrected chi connectivity index (χ0v) is 17.0. The summed E-state index contributed by atoms with van der Waals surface area (Å²) in [4.78, 5) is 24.4. The summed E-state index contributed by atoms with van der Waals surface area (Å²) >= 11 is 0. The number of alkyl carbamates (subject to hydrolysis) is 1. The standard InChI is InChI=1S/C23H26N2O4/c1-23(2,3)29-22(27)25-20(19-11-9-17(15-24)10-12-19)13-14-21(26)28-16-18-7-5-4-6-8-18/h4-12,20H,13-14,16H2,1-3H3,(H,25,27)/t20-/m0/s1. The number of ether oxygens (including phenoxy) is 2. The Kier molecular flexibility index (Phi) is 7.79. The van der Waals surface area contributed by atoms with Crippen LogP contribution in [-0.2, 0) is 20.9 Å². The van der Waals surface area contributed by atoms with Crippen molar-refractivity contribution in [3.05, 3.63) is 71.3 Å². The van der Waals surface area contributed by atoms with Crippen LogP contribution in [0, 0.1) is 11.3 Å². The van der Waals surface area contributed by atoms with Gasteiger partial charge in [-0.1, -0.05) is 42.5 Å². The number of amides is 1. The van der Waals surface area contributed by atoms with E-state index >= 15 is 0 Å². The smallest absolute Gasteiger partial charge is 0.408 e. The highest BCUT2D eigenvalue weighted by Crippen LogP contribution is 2.21. The van der Waals surface area contributed by atoms with Crippen LogP contribution in [0.4, 0.5) is 4.79 Å². The lowest BCUT2D eigenvalue weighted by Crippen LogP contribution is -2.35. The molecule has 2 rings (SSSR count). The van der Waals surface area contributed by atoms with Crippen molar-refractivity contribution in [1.29, 1.82) is 5.26 Å². The van der Waals surface area contributed by atoms with E-state index in [1.807, 2.05) is 30.3 Å². The number of hydrogen-bond acceptors (Lipinski definition) is 5. The molecule has 0 aliphatic carbocycles. The fraction of sp³-hybridized carbons (Fsp3) is 0.348. The van der Waals surface area contributed by atoms with Gasteiger partial charge in [0, 0.05) is 6.42 Å². The monoisotopic (exact) mass is 394 g/mol. The van der Waals surface area contributed by atoms with Gasteiger partial charge in [-0.2, -0.15) is 5.26 Å². The first-order chi connectivity index (χ1) is 13.8. The normalized spacial score (nSPS) is 11.8. The van der Waals surface area contributed by atoms with E-state index in [0.717, 1.165) is 11.1 Å². The van der Waals surface area contributed by atoms with Crippen molar-refractivity contribution in [3.63, 3.8) is 0 Å². The second-order valence-electron chi connectivity index (χ2n) is 7.62. The van der Waals surface area contributed by atoms with E-state index in [-0.39, 0.29) is 19.0 Å². The van der Waals surface area contributed by atoms with Crippen molar-refractivity contribution in [2.75, 3.05) is 0 Å². The number of benzene rings is 2. The molecule has 0 fully saturated rings. The van der Waals surface area contributed by atoms with Crippen LogP contribution in [0.15, 0.2) is 54.6 Å². The van der Waals surface area contributed by atoms with E-state index in [1.165, 1.54) is 0 Å². The van der Waals surface area contributed by atoms with Crippen molar-refractivity contribution in [2.45, 2.75) is 51.9 Å². The van der Waals surface area contributed by atoms with Crippen LogP contribution in [0.3, 0.4) is 0 Å². The predicted octanol–water partition coefficient (Wildman–Crippen LogP) is 4.65. The lowest BCUT2D eigenvalue weighted by Gasteiger charge is -2.24. The van der Waals surface area contributed by atoms with Gasteiger partial charge in [-0.15, -0.1) is 0 Å². The van der Waals surface area contributed by atoms with Crippen molar-refractivity contribution < 1.29 is 19.1 Å². The second-order valence-corrected chi connectivity index (χ2v) is 7.62. The molecule has 0 aliphatic heterocycles. The van der Waals surface area contributed by atoms with Gasteiger partial charge in [0.05, 0.1) is 17.7 Å². The fourth-order valence-electron chi connectivity index (χ4n) is 2.63. The molecule has 6 nitrogen and oxygen atoms in total. The maximum absolute atomic E-state index is 12.2. The highest BCUT2D eigenvalue weighted by molar-refractivity contribution is 5.70. The number of nitriles is 1. The number of esters is 1. The lowest BCUT2D eigenvalue weighted by atomic mass is 10.0. The maximum atomic E-state index is 12.2. The molecule has 0 aromatic heterocycles. The van der Waals surface area contributed by atoms with Gasteiger partial charge in [-0.25, -0.2) is 4.79 Å². The molecular formula is C23H26N2O4. The van der Waals surface area contributed by atoms with Crippen molar-refractivity contribution in [1.82, 2.24) is 5.32 Å². The molecule has 0 spiro atoms. The summed E-state index contributed by atoms with van der Waals surface area (Å²) in [5, 5.41) is 11.8. The molecule has 0 aliphatic rings. The molecule has 2 aromatic carbocycles. The topological polar surface area (TPSA) is 88.4 Å². The first-order valence-electron chi connectivity index (χ1n) is 9.46. The van der Waals surface area contributed by atoms with Gasteiger partial charge in [0.2, 0.25) is 0 Å². The van der Waals surface area contributed by atoms with Gasteiger partial charge in [0.1, 0.15) is 12.2 Å². The summed E-state index contributed by atoms with van der Waals surface area (Å²) in [6.07, 6.45) is -0.0870. The van der Waals surface area contributed by atoms with Crippen LogP contribution in [-0.4, -0.2) is 17.7 Å². The molecule has 1 N–H and O–H groups in total. The number of rotatable bonds is 7. The summed E-state index contributed by atoms with van der Waals surface area (Å²) in [7, 11) is 0. The third-order valence-corrected chi connectivity index (χ3v) is 4.01. The molecule has 1 atom stereocenters. The number of nitrogens with one attached hydrogen (secondary N) is 1. The number of hydrogen-bond donors (Lipinski definition) is 1. The Morgan fingerprint density at radius 1 is 1.07 bits per heavy atom. The molecule has 0 unspecified atom stereocenters. The van der Waals surface area contributed by atoms with Crippen LogP contribution in [0.5, 0.6) is 0 Å². The molecule has 6 heteroatoms. The molecular weight excluding hydrogens is 368 g/mol. The molecule has 29 heavy (non-hydrogen) atoms. The third-order valence-electron chi connectivity index (χ3n) is 4.01. The van der Waals surface area contributed by atoms with E-state index in [2.05, 4.69) is 11.4 Å². The quantitative estimate of drug-likeness (QED) is 0.691. The zero-order valence-electron chi connectivity index (χ0n) is 17.0. The molecule has 0 saturated carbocycles. The summed E-state index contributed by atoms with van der Waals surface area (Å²) in [6.45, 7) is 5.55. The summed E-state index contributed by atoms with van der Waals surface area (Å²) in [5.41, 5.74) is 1.59. The third kappa shape index (κ3) is 8.06.